The van der Waals surface area contributed by atoms with Crippen LogP contribution in [-0.4, -0.2) is 37.2 Å². The lowest BCUT2D eigenvalue weighted by molar-refractivity contribution is -0.121. The Labute approximate surface area is 187 Å². The number of sulfonamides is 1. The normalized spacial score (nSPS) is 11.0. The van der Waals surface area contributed by atoms with Crippen molar-refractivity contribution in [3.05, 3.63) is 89.6 Å². The molecule has 0 saturated carbocycles. The van der Waals surface area contributed by atoms with Crippen molar-refractivity contribution in [2.24, 2.45) is 0 Å². The molecule has 0 saturated heterocycles. The maximum atomic E-state index is 12.6. The quantitative estimate of drug-likeness (QED) is 0.536. The first-order valence-electron chi connectivity index (χ1n) is 9.73. The van der Waals surface area contributed by atoms with Crippen LogP contribution < -0.4 is 10.1 Å². The summed E-state index contributed by atoms with van der Waals surface area (Å²) in [6, 6.07) is 20.6. The molecule has 0 aliphatic rings. The minimum atomic E-state index is -3.85. The molecular formula is C23H22N4O4S. The first-order chi connectivity index (χ1) is 15.4. The van der Waals surface area contributed by atoms with Crippen molar-refractivity contribution in [2.45, 2.75) is 18.0 Å². The van der Waals surface area contributed by atoms with E-state index < -0.39 is 15.9 Å². The van der Waals surface area contributed by atoms with Crippen LogP contribution in [0.15, 0.2) is 77.8 Å². The number of ether oxygens (including phenoxy) is 1. The highest BCUT2D eigenvalue weighted by atomic mass is 32.2. The van der Waals surface area contributed by atoms with Crippen molar-refractivity contribution in [2.75, 3.05) is 13.6 Å². The van der Waals surface area contributed by atoms with Gasteiger partial charge in [-0.1, -0.05) is 30.3 Å². The van der Waals surface area contributed by atoms with Gasteiger partial charge in [0.2, 0.25) is 21.8 Å². The van der Waals surface area contributed by atoms with E-state index in [1.807, 2.05) is 36.4 Å². The Kier molecular flexibility index (Phi) is 7.54. The third-order valence-electron chi connectivity index (χ3n) is 4.58. The van der Waals surface area contributed by atoms with Gasteiger partial charge in [0.25, 0.3) is 0 Å². The summed E-state index contributed by atoms with van der Waals surface area (Å²) >= 11 is 0. The molecule has 1 amide bonds. The van der Waals surface area contributed by atoms with Crippen LogP contribution in [0.3, 0.4) is 0 Å². The topological polar surface area (TPSA) is 112 Å². The van der Waals surface area contributed by atoms with Crippen LogP contribution in [0.4, 0.5) is 0 Å². The summed E-state index contributed by atoms with van der Waals surface area (Å²) in [4.78, 5) is 16.5. The molecule has 1 aromatic heterocycles. The van der Waals surface area contributed by atoms with E-state index in [0.717, 1.165) is 15.4 Å². The molecule has 1 N–H and O–H groups in total. The molecule has 0 aliphatic carbocycles. The minimum Gasteiger partial charge on any atom is -0.473 e. The molecule has 2 aromatic carbocycles. The summed E-state index contributed by atoms with van der Waals surface area (Å²) in [6.45, 7) is 0.236. The zero-order chi connectivity index (χ0) is 23.0. The van der Waals surface area contributed by atoms with E-state index in [0.29, 0.717) is 18.1 Å². The van der Waals surface area contributed by atoms with Gasteiger partial charge in [-0.15, -0.1) is 0 Å². The Morgan fingerprint density at radius 3 is 2.50 bits per heavy atom. The molecule has 0 atom stereocenters. The maximum Gasteiger partial charge on any atom is 0.243 e. The molecule has 9 heteroatoms. The predicted octanol–water partition coefficient (Wildman–Crippen LogP) is 2.47. The van der Waals surface area contributed by atoms with E-state index in [2.05, 4.69) is 10.3 Å². The summed E-state index contributed by atoms with van der Waals surface area (Å²) in [5, 5.41) is 11.5. The molecule has 0 spiro atoms. The van der Waals surface area contributed by atoms with E-state index >= 15 is 0 Å². The molecule has 0 aliphatic heterocycles. The van der Waals surface area contributed by atoms with Crippen LogP contribution >= 0.6 is 0 Å². The monoisotopic (exact) mass is 450 g/mol. The second kappa shape index (κ2) is 10.5. The molecule has 0 fully saturated rings. The third-order valence-corrected chi connectivity index (χ3v) is 6.39. The molecule has 8 nitrogen and oxygen atoms in total. The highest BCUT2D eigenvalue weighted by Crippen LogP contribution is 2.15. The summed E-state index contributed by atoms with van der Waals surface area (Å²) in [5.41, 5.74) is 2.14. The number of carbonyl (C=O) groups excluding carboxylic acids is 1. The van der Waals surface area contributed by atoms with Crippen LogP contribution in [0.1, 0.15) is 16.7 Å². The van der Waals surface area contributed by atoms with Crippen molar-refractivity contribution in [3.63, 3.8) is 0 Å². The maximum absolute atomic E-state index is 12.6. The second-order valence-corrected chi connectivity index (χ2v) is 9.00. The van der Waals surface area contributed by atoms with Crippen LogP contribution in [-0.2, 0) is 28.0 Å². The number of nitriles is 1. The molecular weight excluding hydrogens is 428 g/mol. The van der Waals surface area contributed by atoms with E-state index in [1.54, 1.807) is 18.3 Å². The number of rotatable bonds is 9. The van der Waals surface area contributed by atoms with Crippen molar-refractivity contribution in [1.29, 1.82) is 5.26 Å². The van der Waals surface area contributed by atoms with Gasteiger partial charge in [-0.3, -0.25) is 4.79 Å². The number of nitrogens with one attached hydrogen (secondary N) is 1. The number of amides is 1. The lowest BCUT2D eigenvalue weighted by atomic mass is 10.2. The van der Waals surface area contributed by atoms with Gasteiger partial charge in [0.15, 0.2) is 0 Å². The summed E-state index contributed by atoms with van der Waals surface area (Å²) in [7, 11) is -2.52. The van der Waals surface area contributed by atoms with Crippen molar-refractivity contribution >= 4 is 15.9 Å². The summed E-state index contributed by atoms with van der Waals surface area (Å²) < 4.78 is 31.9. The highest BCUT2D eigenvalue weighted by Gasteiger charge is 2.22. The lowest BCUT2D eigenvalue weighted by Gasteiger charge is -2.17. The third kappa shape index (κ3) is 6.14. The van der Waals surface area contributed by atoms with Crippen LogP contribution in [0.2, 0.25) is 0 Å². The molecule has 3 rings (SSSR count). The van der Waals surface area contributed by atoms with E-state index in [1.165, 1.54) is 31.3 Å². The molecule has 164 valence electrons. The fraction of sp³-hybridized carbons (Fsp3) is 0.174. The number of likely N-dealkylation sites (N-methyl/N-ethyl adjacent to an activating group) is 1. The number of hydrogen-bond donors (Lipinski definition) is 1. The average Bonchev–Trinajstić information content (AvgIpc) is 2.82. The largest absolute Gasteiger partial charge is 0.473 e. The average molecular weight is 451 g/mol. The van der Waals surface area contributed by atoms with Crippen LogP contribution in [0.5, 0.6) is 5.88 Å². The van der Waals surface area contributed by atoms with Gasteiger partial charge in [-0.25, -0.2) is 13.4 Å². The van der Waals surface area contributed by atoms with E-state index in [-0.39, 0.29) is 18.0 Å². The number of benzene rings is 2. The van der Waals surface area contributed by atoms with Crippen LogP contribution in [0.25, 0.3) is 0 Å². The zero-order valence-electron chi connectivity index (χ0n) is 17.4. The van der Waals surface area contributed by atoms with Gasteiger partial charge in [-0.05, 0) is 41.5 Å². The first kappa shape index (κ1) is 22.9. The smallest absolute Gasteiger partial charge is 0.243 e. The Morgan fingerprint density at radius 1 is 1.09 bits per heavy atom. The SMILES string of the molecule is CN(CC(=O)NCc1ccnc(OCc2ccccc2)c1)S(=O)(=O)c1ccc(C#N)cc1. The molecule has 32 heavy (non-hydrogen) atoms. The van der Waals surface area contributed by atoms with Crippen molar-refractivity contribution in [3.8, 4) is 11.9 Å². The Balaban J connectivity index is 1.53. The predicted molar refractivity (Wildman–Crippen MR) is 118 cm³/mol. The number of aromatic nitrogens is 1. The number of pyridine rings is 1. The van der Waals surface area contributed by atoms with Crippen molar-refractivity contribution < 1.29 is 17.9 Å². The van der Waals surface area contributed by atoms with Gasteiger partial charge < -0.3 is 10.1 Å². The molecule has 3 aromatic rings. The minimum absolute atomic E-state index is 0.0149. The summed E-state index contributed by atoms with van der Waals surface area (Å²) in [5.74, 6) is -0.0191. The molecule has 0 bridgehead atoms. The van der Waals surface area contributed by atoms with Gasteiger partial charge in [-0.2, -0.15) is 9.57 Å². The number of carbonyl (C=O) groups is 1. The molecule has 0 unspecified atom stereocenters. The fourth-order valence-corrected chi connectivity index (χ4v) is 3.92. The second-order valence-electron chi connectivity index (χ2n) is 6.95. The Hall–Kier alpha value is -3.74. The van der Waals surface area contributed by atoms with Gasteiger partial charge in [0.05, 0.1) is 23.1 Å². The summed E-state index contributed by atoms with van der Waals surface area (Å²) in [6.07, 6.45) is 1.59. The molecule has 0 radical (unpaired) electrons. The Morgan fingerprint density at radius 2 is 1.81 bits per heavy atom. The first-order valence-corrected chi connectivity index (χ1v) is 11.2. The number of nitrogens with zero attached hydrogens (tertiary/aromatic N) is 3. The van der Waals surface area contributed by atoms with Gasteiger partial charge >= 0.3 is 0 Å². The Bertz CT molecular complexity index is 1210. The standard InChI is InChI=1S/C23H22N4O4S/c1-27(32(29,30)21-9-7-18(14-24)8-10-21)16-22(28)26-15-20-11-12-25-23(13-20)31-17-19-5-3-2-4-6-19/h2-13H,15-17H2,1H3,(H,26,28). The van der Waals surface area contributed by atoms with Gasteiger partial charge in [0, 0.05) is 25.9 Å². The fourth-order valence-electron chi connectivity index (χ4n) is 2.80. The molecule has 1 heterocycles. The lowest BCUT2D eigenvalue weighted by Crippen LogP contribution is -2.38. The van der Waals surface area contributed by atoms with E-state index in [4.69, 9.17) is 10.00 Å². The van der Waals surface area contributed by atoms with Crippen LogP contribution in [0, 0.1) is 11.3 Å². The van der Waals surface area contributed by atoms with Gasteiger partial charge in [0.1, 0.15) is 6.61 Å². The van der Waals surface area contributed by atoms with Crippen molar-refractivity contribution in [1.82, 2.24) is 14.6 Å². The number of hydrogen-bond acceptors (Lipinski definition) is 6. The highest BCUT2D eigenvalue weighted by molar-refractivity contribution is 7.89. The zero-order valence-corrected chi connectivity index (χ0v) is 18.2. The van der Waals surface area contributed by atoms with E-state index in [9.17, 15) is 13.2 Å².